The van der Waals surface area contributed by atoms with Crippen LogP contribution in [0.3, 0.4) is 0 Å². The van der Waals surface area contributed by atoms with E-state index in [1.54, 1.807) is 30.3 Å². The molecule has 0 radical (unpaired) electrons. The number of amides is 3. The minimum Gasteiger partial charge on any atom is -0.492 e. The van der Waals surface area contributed by atoms with Gasteiger partial charge in [0, 0.05) is 30.8 Å². The molecule has 0 spiro atoms. The van der Waals surface area contributed by atoms with Crippen LogP contribution in [0, 0.1) is 0 Å². The van der Waals surface area contributed by atoms with Crippen LogP contribution in [0.2, 0.25) is 0 Å². The smallest absolute Gasteiger partial charge is 0.289 e. The average Bonchev–Trinajstić information content (AvgIpc) is 3.18. The maximum absolute atomic E-state index is 13.2. The van der Waals surface area contributed by atoms with Crippen molar-refractivity contribution in [3.63, 3.8) is 0 Å². The van der Waals surface area contributed by atoms with E-state index in [0.717, 1.165) is 30.5 Å². The van der Waals surface area contributed by atoms with Gasteiger partial charge in [0.15, 0.2) is 0 Å². The molecular weight excluding hydrogens is 470 g/mol. The zero-order valence-corrected chi connectivity index (χ0v) is 20.7. The van der Waals surface area contributed by atoms with E-state index in [-0.39, 0.29) is 29.4 Å². The first-order valence-corrected chi connectivity index (χ1v) is 12.6. The van der Waals surface area contributed by atoms with E-state index in [2.05, 4.69) is 10.2 Å². The van der Waals surface area contributed by atoms with Crippen molar-refractivity contribution in [2.45, 2.75) is 20.4 Å². The predicted molar refractivity (Wildman–Crippen MR) is 135 cm³/mol. The van der Waals surface area contributed by atoms with Gasteiger partial charge in [-0.1, -0.05) is 23.9 Å². The quantitative estimate of drug-likeness (QED) is 0.557. The number of imide groups is 1. The van der Waals surface area contributed by atoms with Crippen LogP contribution in [0.15, 0.2) is 36.4 Å². The zero-order chi connectivity index (χ0) is 24.8. The number of rotatable bonds is 9. The highest BCUT2D eigenvalue weighted by Crippen LogP contribution is 2.39. The monoisotopic (exact) mass is 499 g/mol. The van der Waals surface area contributed by atoms with E-state index >= 15 is 0 Å². The summed E-state index contributed by atoms with van der Waals surface area (Å²) < 4.78 is 17.2. The molecule has 0 aliphatic carbocycles. The lowest BCUT2D eigenvalue weighted by Crippen LogP contribution is -2.36. The molecule has 2 aliphatic heterocycles. The maximum atomic E-state index is 13.2. The van der Waals surface area contributed by atoms with E-state index in [1.165, 1.54) is 4.90 Å². The van der Waals surface area contributed by atoms with Gasteiger partial charge in [0.1, 0.15) is 11.5 Å². The molecule has 4 rings (SSSR count). The molecule has 0 atom stereocenters. The van der Waals surface area contributed by atoms with Crippen molar-refractivity contribution < 1.29 is 28.6 Å². The van der Waals surface area contributed by atoms with E-state index < -0.39 is 0 Å². The molecule has 3 amide bonds. The van der Waals surface area contributed by atoms with Gasteiger partial charge in [0.25, 0.3) is 11.1 Å². The number of carbonyl (C=O) groups is 3. The molecule has 9 nitrogen and oxygen atoms in total. The minimum atomic E-state index is -0.331. The first-order valence-electron chi connectivity index (χ1n) is 11.6. The fraction of sp³-hybridized carbons (Fsp3) is 0.400. The van der Waals surface area contributed by atoms with Crippen molar-refractivity contribution in [1.82, 2.24) is 4.90 Å². The Morgan fingerprint density at radius 2 is 1.80 bits per heavy atom. The largest absolute Gasteiger partial charge is 0.492 e. The standard InChI is InChI=1S/C25H29N3O6S/c1-3-33-21-14-20(27-8-10-32-11-9-27)22(34-4-2)13-19(21)26-24(30)18-7-5-6-17(12-18)15-28-23(29)16-35-25(28)31/h5-7,12-14H,3-4,8-11,15-16H2,1-2H3,(H,26,30). The summed E-state index contributed by atoms with van der Waals surface area (Å²) in [4.78, 5) is 40.4. The van der Waals surface area contributed by atoms with Gasteiger partial charge in [-0.2, -0.15) is 0 Å². The van der Waals surface area contributed by atoms with Crippen molar-refractivity contribution >= 4 is 40.2 Å². The second kappa shape index (κ2) is 11.5. The van der Waals surface area contributed by atoms with Gasteiger partial charge in [-0.15, -0.1) is 0 Å². The number of benzene rings is 2. The Bertz CT molecular complexity index is 1090. The number of morpholine rings is 1. The summed E-state index contributed by atoms with van der Waals surface area (Å²) in [6.07, 6.45) is 0. The van der Waals surface area contributed by atoms with Gasteiger partial charge < -0.3 is 24.4 Å². The van der Waals surface area contributed by atoms with Gasteiger partial charge >= 0.3 is 0 Å². The molecule has 0 unspecified atom stereocenters. The van der Waals surface area contributed by atoms with Gasteiger partial charge in [0.2, 0.25) is 5.91 Å². The number of hydrogen-bond donors (Lipinski definition) is 1. The fourth-order valence-corrected chi connectivity index (χ4v) is 4.69. The molecule has 0 saturated carbocycles. The lowest BCUT2D eigenvalue weighted by molar-refractivity contribution is -0.125. The number of nitrogens with one attached hydrogen (secondary N) is 1. The molecule has 2 heterocycles. The Kier molecular flexibility index (Phi) is 8.14. The summed E-state index contributed by atoms with van der Waals surface area (Å²) in [7, 11) is 0. The third-order valence-electron chi connectivity index (χ3n) is 5.63. The van der Waals surface area contributed by atoms with Crippen LogP contribution in [-0.4, -0.2) is 67.2 Å². The molecule has 2 saturated heterocycles. The summed E-state index contributed by atoms with van der Waals surface area (Å²) in [6.45, 7) is 7.61. The Morgan fingerprint density at radius 3 is 2.49 bits per heavy atom. The fourth-order valence-electron chi connectivity index (χ4n) is 3.97. The van der Waals surface area contributed by atoms with Crippen LogP contribution in [0.1, 0.15) is 29.8 Å². The van der Waals surface area contributed by atoms with Crippen LogP contribution in [0.5, 0.6) is 11.5 Å². The van der Waals surface area contributed by atoms with Crippen molar-refractivity contribution in [2.75, 3.05) is 55.5 Å². The Labute approximate surface area is 208 Å². The number of carbonyl (C=O) groups excluding carboxylic acids is 3. The Hall–Kier alpha value is -3.24. The highest BCUT2D eigenvalue weighted by Gasteiger charge is 2.30. The van der Waals surface area contributed by atoms with Crippen molar-refractivity contribution in [3.05, 3.63) is 47.5 Å². The van der Waals surface area contributed by atoms with Crippen LogP contribution in [0.4, 0.5) is 16.2 Å². The van der Waals surface area contributed by atoms with Crippen LogP contribution >= 0.6 is 11.8 Å². The third-order valence-corrected chi connectivity index (χ3v) is 6.49. The number of anilines is 2. The number of thioether (sulfide) groups is 1. The highest BCUT2D eigenvalue weighted by atomic mass is 32.2. The van der Waals surface area contributed by atoms with Gasteiger partial charge in [-0.3, -0.25) is 19.3 Å². The zero-order valence-electron chi connectivity index (χ0n) is 19.9. The third kappa shape index (κ3) is 5.88. The minimum absolute atomic E-state index is 0.138. The van der Waals surface area contributed by atoms with E-state index in [4.69, 9.17) is 14.2 Å². The summed E-state index contributed by atoms with van der Waals surface area (Å²) in [5.41, 5.74) is 2.51. The summed E-state index contributed by atoms with van der Waals surface area (Å²) in [6, 6.07) is 10.6. The number of hydrogen-bond acceptors (Lipinski definition) is 8. The first kappa shape index (κ1) is 24.9. The van der Waals surface area contributed by atoms with E-state index in [0.29, 0.717) is 54.7 Å². The van der Waals surface area contributed by atoms with E-state index in [1.807, 2.05) is 19.9 Å². The topological polar surface area (TPSA) is 97.4 Å². The van der Waals surface area contributed by atoms with Gasteiger partial charge in [0.05, 0.1) is 50.1 Å². The maximum Gasteiger partial charge on any atom is 0.289 e. The Balaban J connectivity index is 1.57. The van der Waals surface area contributed by atoms with Gasteiger partial charge in [-0.05, 0) is 31.5 Å². The second-order valence-electron chi connectivity index (χ2n) is 7.97. The molecule has 10 heteroatoms. The molecule has 0 bridgehead atoms. The molecule has 35 heavy (non-hydrogen) atoms. The predicted octanol–water partition coefficient (Wildman–Crippen LogP) is 3.77. The molecule has 0 aromatic heterocycles. The number of ether oxygens (including phenoxy) is 3. The normalized spacial score (nSPS) is 15.9. The molecule has 1 N–H and O–H groups in total. The van der Waals surface area contributed by atoms with E-state index in [9.17, 15) is 14.4 Å². The first-order chi connectivity index (χ1) is 17.0. The van der Waals surface area contributed by atoms with Crippen molar-refractivity contribution in [3.8, 4) is 11.5 Å². The molecule has 2 aromatic carbocycles. The lowest BCUT2D eigenvalue weighted by atomic mass is 10.1. The molecule has 2 aliphatic rings. The SMILES string of the molecule is CCOc1cc(N2CCOCC2)c(OCC)cc1NC(=O)c1cccc(CN2C(=O)CSC2=O)c1. The van der Waals surface area contributed by atoms with Crippen LogP contribution in [-0.2, 0) is 16.1 Å². The van der Waals surface area contributed by atoms with Crippen molar-refractivity contribution in [2.24, 2.45) is 0 Å². The second-order valence-corrected chi connectivity index (χ2v) is 8.90. The van der Waals surface area contributed by atoms with Gasteiger partial charge in [-0.25, -0.2) is 0 Å². The summed E-state index contributed by atoms with van der Waals surface area (Å²) in [5, 5.41) is 2.67. The molecular formula is C25H29N3O6S. The van der Waals surface area contributed by atoms with Crippen LogP contribution < -0.4 is 19.7 Å². The number of nitrogens with zero attached hydrogens (tertiary/aromatic N) is 2. The lowest BCUT2D eigenvalue weighted by Gasteiger charge is -2.31. The Morgan fingerprint density at radius 1 is 1.06 bits per heavy atom. The van der Waals surface area contributed by atoms with Crippen molar-refractivity contribution in [1.29, 1.82) is 0 Å². The molecule has 2 aromatic rings. The summed E-state index contributed by atoms with van der Waals surface area (Å²) >= 11 is 0.990. The highest BCUT2D eigenvalue weighted by molar-refractivity contribution is 8.14. The van der Waals surface area contributed by atoms with Crippen LogP contribution in [0.25, 0.3) is 0 Å². The average molecular weight is 500 g/mol. The summed E-state index contributed by atoms with van der Waals surface area (Å²) in [5.74, 6) is 0.808. The molecule has 2 fully saturated rings. The molecule has 186 valence electrons.